The van der Waals surface area contributed by atoms with E-state index in [0.29, 0.717) is 16.9 Å². The predicted molar refractivity (Wildman–Crippen MR) is 111 cm³/mol. The van der Waals surface area contributed by atoms with Gasteiger partial charge in [0.25, 0.3) is 5.91 Å². The fraction of sp³-hybridized carbons (Fsp3) is 0.182. The molecule has 1 fully saturated rings. The zero-order valence-electron chi connectivity index (χ0n) is 15.9. The topological polar surface area (TPSA) is 110 Å². The van der Waals surface area contributed by atoms with Crippen LogP contribution < -0.4 is 16.4 Å². The monoisotopic (exact) mass is 387 g/mol. The molecular weight excluding hydrogens is 366 g/mol. The Morgan fingerprint density at radius 2 is 1.72 bits per heavy atom. The van der Waals surface area contributed by atoms with Crippen LogP contribution in [0.4, 0.5) is 17.3 Å². The van der Waals surface area contributed by atoms with Crippen molar-refractivity contribution in [1.82, 2.24) is 9.97 Å². The molecule has 1 aliphatic carbocycles. The minimum Gasteiger partial charge on any atom is -0.368 e. The summed E-state index contributed by atoms with van der Waals surface area (Å²) in [4.78, 5) is 33.0. The third-order valence-electron chi connectivity index (χ3n) is 5.03. The van der Waals surface area contributed by atoms with Crippen molar-refractivity contribution in [3.05, 3.63) is 77.6 Å². The molecule has 1 aliphatic rings. The highest BCUT2D eigenvalue weighted by Crippen LogP contribution is 2.47. The zero-order valence-corrected chi connectivity index (χ0v) is 15.9. The van der Waals surface area contributed by atoms with Crippen molar-refractivity contribution in [3.8, 4) is 0 Å². The van der Waals surface area contributed by atoms with E-state index in [1.54, 1.807) is 12.1 Å². The smallest absolute Gasteiger partial charge is 0.256 e. The maximum absolute atomic E-state index is 12.6. The molecule has 0 aliphatic heterocycles. The summed E-state index contributed by atoms with van der Waals surface area (Å²) in [5.41, 5.74) is 8.95. The minimum absolute atomic E-state index is 0.0269. The molecular formula is C22H21N5O2. The number of benzene rings is 2. The Morgan fingerprint density at radius 3 is 2.45 bits per heavy atom. The van der Waals surface area contributed by atoms with Gasteiger partial charge >= 0.3 is 0 Å². The van der Waals surface area contributed by atoms with E-state index in [9.17, 15) is 9.59 Å². The molecule has 146 valence electrons. The van der Waals surface area contributed by atoms with Crippen molar-refractivity contribution in [2.75, 3.05) is 16.4 Å². The molecule has 0 radical (unpaired) electrons. The van der Waals surface area contributed by atoms with Crippen LogP contribution in [0.2, 0.25) is 0 Å². The number of aryl methyl sites for hydroxylation is 1. The van der Waals surface area contributed by atoms with Gasteiger partial charge in [-0.05, 0) is 42.5 Å². The highest BCUT2D eigenvalue weighted by atomic mass is 16.2. The Hall–Kier alpha value is -3.74. The Bertz CT molecular complexity index is 1050. The van der Waals surface area contributed by atoms with Gasteiger partial charge in [0, 0.05) is 17.2 Å². The molecule has 0 saturated heterocycles. The molecule has 0 spiro atoms. The summed E-state index contributed by atoms with van der Waals surface area (Å²) in [5.74, 6) is 0.0252. The van der Waals surface area contributed by atoms with Crippen LogP contribution in [0.1, 0.15) is 33.8 Å². The van der Waals surface area contributed by atoms with Crippen molar-refractivity contribution < 1.29 is 9.59 Å². The first-order chi connectivity index (χ1) is 14.0. The van der Waals surface area contributed by atoms with Gasteiger partial charge in [0.1, 0.15) is 0 Å². The first kappa shape index (κ1) is 18.6. The molecule has 2 amide bonds. The SMILES string of the molecule is Cc1ccc(NC(=O)[C@H]2C[C@@H]2c2ccccc2)cc1C(=O)Nc1cnc(N)nc1. The van der Waals surface area contributed by atoms with Gasteiger partial charge < -0.3 is 16.4 Å². The first-order valence-electron chi connectivity index (χ1n) is 9.36. The van der Waals surface area contributed by atoms with Gasteiger partial charge in [-0.1, -0.05) is 36.4 Å². The van der Waals surface area contributed by atoms with Crippen molar-refractivity contribution in [2.24, 2.45) is 5.92 Å². The number of nitrogens with two attached hydrogens (primary N) is 1. The summed E-state index contributed by atoms with van der Waals surface area (Å²) >= 11 is 0. The molecule has 7 heteroatoms. The number of hydrogen-bond acceptors (Lipinski definition) is 5. The summed E-state index contributed by atoms with van der Waals surface area (Å²) < 4.78 is 0. The molecule has 1 saturated carbocycles. The lowest BCUT2D eigenvalue weighted by Crippen LogP contribution is -2.17. The van der Waals surface area contributed by atoms with Crippen molar-refractivity contribution in [3.63, 3.8) is 0 Å². The van der Waals surface area contributed by atoms with Gasteiger partial charge in [-0.3, -0.25) is 9.59 Å². The number of carbonyl (C=O) groups excluding carboxylic acids is 2. The normalized spacial score (nSPS) is 17.4. The van der Waals surface area contributed by atoms with Crippen LogP contribution in [0, 0.1) is 12.8 Å². The van der Waals surface area contributed by atoms with Crippen molar-refractivity contribution in [2.45, 2.75) is 19.3 Å². The van der Waals surface area contributed by atoms with Gasteiger partial charge in [-0.25, -0.2) is 9.97 Å². The van der Waals surface area contributed by atoms with E-state index >= 15 is 0 Å². The number of aromatic nitrogens is 2. The molecule has 0 unspecified atom stereocenters. The highest BCUT2D eigenvalue weighted by Gasteiger charge is 2.43. The largest absolute Gasteiger partial charge is 0.368 e. The molecule has 29 heavy (non-hydrogen) atoms. The number of anilines is 3. The Balaban J connectivity index is 1.43. The number of nitrogens with one attached hydrogen (secondary N) is 2. The van der Waals surface area contributed by atoms with Crippen LogP contribution in [0.25, 0.3) is 0 Å². The number of amides is 2. The standard InChI is InChI=1S/C22H21N5O2/c1-13-7-8-15(9-17(13)20(28)27-16-11-24-22(23)25-12-16)26-21(29)19-10-18(19)14-5-3-2-4-6-14/h2-9,11-12,18-19H,10H2,1H3,(H,26,29)(H,27,28)(H2,23,24,25)/t18-,19+/m1/s1. The maximum atomic E-state index is 12.6. The number of nitrogen functional groups attached to an aromatic ring is 1. The average molecular weight is 387 g/mol. The van der Waals surface area contributed by atoms with E-state index in [1.807, 2.05) is 43.3 Å². The lowest BCUT2D eigenvalue weighted by molar-refractivity contribution is -0.117. The van der Waals surface area contributed by atoms with Crippen LogP contribution in [-0.4, -0.2) is 21.8 Å². The molecule has 2 aromatic carbocycles. The van der Waals surface area contributed by atoms with E-state index in [2.05, 4.69) is 20.6 Å². The van der Waals surface area contributed by atoms with Crippen molar-refractivity contribution >= 4 is 29.1 Å². The Kier molecular flexibility index (Phi) is 4.95. The van der Waals surface area contributed by atoms with Crippen LogP contribution in [0.5, 0.6) is 0 Å². The highest BCUT2D eigenvalue weighted by molar-refractivity contribution is 6.06. The quantitative estimate of drug-likeness (QED) is 0.622. The molecule has 0 bridgehead atoms. The summed E-state index contributed by atoms with van der Waals surface area (Å²) in [7, 11) is 0. The average Bonchev–Trinajstić information content (AvgIpc) is 3.53. The third-order valence-corrected chi connectivity index (χ3v) is 5.03. The third kappa shape index (κ3) is 4.24. The lowest BCUT2D eigenvalue weighted by atomic mass is 10.1. The molecule has 1 heterocycles. The van der Waals surface area contributed by atoms with E-state index in [4.69, 9.17) is 5.73 Å². The second-order valence-corrected chi connectivity index (χ2v) is 7.16. The van der Waals surface area contributed by atoms with E-state index in [0.717, 1.165) is 12.0 Å². The summed E-state index contributed by atoms with van der Waals surface area (Å²) in [6.45, 7) is 1.84. The van der Waals surface area contributed by atoms with Crippen LogP contribution in [0.3, 0.4) is 0 Å². The number of nitrogens with zero attached hydrogens (tertiary/aromatic N) is 2. The van der Waals surface area contributed by atoms with Gasteiger partial charge in [-0.2, -0.15) is 0 Å². The number of carbonyl (C=O) groups is 2. The van der Waals surface area contributed by atoms with Crippen LogP contribution in [0.15, 0.2) is 60.9 Å². The van der Waals surface area contributed by atoms with E-state index in [-0.39, 0.29) is 29.6 Å². The number of rotatable bonds is 5. The van der Waals surface area contributed by atoms with E-state index < -0.39 is 0 Å². The van der Waals surface area contributed by atoms with E-state index in [1.165, 1.54) is 18.0 Å². The summed E-state index contributed by atoms with van der Waals surface area (Å²) in [5, 5.41) is 5.68. The molecule has 2 atom stereocenters. The van der Waals surface area contributed by atoms with Gasteiger partial charge in [0.2, 0.25) is 11.9 Å². The minimum atomic E-state index is -0.305. The fourth-order valence-corrected chi connectivity index (χ4v) is 3.33. The Labute approximate surface area is 168 Å². The molecule has 7 nitrogen and oxygen atoms in total. The van der Waals surface area contributed by atoms with Crippen molar-refractivity contribution in [1.29, 1.82) is 0 Å². The maximum Gasteiger partial charge on any atom is 0.256 e. The van der Waals surface area contributed by atoms with Crippen LogP contribution in [-0.2, 0) is 4.79 Å². The second-order valence-electron chi connectivity index (χ2n) is 7.16. The van der Waals surface area contributed by atoms with Crippen LogP contribution >= 0.6 is 0 Å². The lowest BCUT2D eigenvalue weighted by Gasteiger charge is -2.11. The molecule has 1 aromatic heterocycles. The van der Waals surface area contributed by atoms with Gasteiger partial charge in [0.05, 0.1) is 18.1 Å². The fourth-order valence-electron chi connectivity index (χ4n) is 3.33. The first-order valence-corrected chi connectivity index (χ1v) is 9.36. The Morgan fingerprint density at radius 1 is 1.00 bits per heavy atom. The summed E-state index contributed by atoms with van der Waals surface area (Å²) in [6.07, 6.45) is 3.72. The van der Waals surface area contributed by atoms with Gasteiger partial charge in [0.15, 0.2) is 0 Å². The molecule has 3 aromatic rings. The second kappa shape index (κ2) is 7.71. The molecule has 4 rings (SSSR count). The van der Waals surface area contributed by atoms with Gasteiger partial charge in [-0.15, -0.1) is 0 Å². The predicted octanol–water partition coefficient (Wildman–Crippen LogP) is 3.36. The summed E-state index contributed by atoms with van der Waals surface area (Å²) in [6, 6.07) is 15.3. The number of hydrogen-bond donors (Lipinski definition) is 3. The zero-order chi connectivity index (χ0) is 20.4. The molecule has 4 N–H and O–H groups in total.